The lowest BCUT2D eigenvalue weighted by molar-refractivity contribution is -0.384. The lowest BCUT2D eigenvalue weighted by atomic mass is 10.1. The highest BCUT2D eigenvalue weighted by atomic mass is 32.2. The van der Waals surface area contributed by atoms with Crippen LogP contribution in [0.5, 0.6) is 11.5 Å². The number of hydrogen-bond acceptors (Lipinski definition) is 10. The van der Waals surface area contributed by atoms with Gasteiger partial charge in [0, 0.05) is 12.1 Å². The van der Waals surface area contributed by atoms with Gasteiger partial charge >= 0.3 is 11.9 Å². The van der Waals surface area contributed by atoms with E-state index < -0.39 is 34.6 Å². The second kappa shape index (κ2) is 11.5. The van der Waals surface area contributed by atoms with Gasteiger partial charge in [-0.1, -0.05) is 12.1 Å². The van der Waals surface area contributed by atoms with Gasteiger partial charge < -0.3 is 14.2 Å². The van der Waals surface area contributed by atoms with E-state index in [4.69, 9.17) is 14.2 Å². The Bertz CT molecular complexity index is 1260. The number of nitrogens with zero attached hydrogens (tertiary/aromatic N) is 2. The van der Waals surface area contributed by atoms with Crippen molar-refractivity contribution in [3.8, 4) is 11.5 Å². The standard InChI is InChI=1S/C24H22N2O9S/c1-4-33-19-10-15(11-20-22(28)25(24(30)36-20)13-21(27)34-14(2)3)8-9-18(19)35-23(29)16-6-5-7-17(12-16)26(31)32/h5-12,14H,4,13H2,1-3H3/b20-11-. The first-order valence-electron chi connectivity index (χ1n) is 10.8. The average molecular weight is 515 g/mol. The van der Waals surface area contributed by atoms with E-state index in [1.807, 2.05) is 0 Å². The zero-order valence-electron chi connectivity index (χ0n) is 19.6. The highest BCUT2D eigenvalue weighted by molar-refractivity contribution is 8.18. The molecule has 0 aliphatic carbocycles. The molecule has 2 amide bonds. The molecule has 1 heterocycles. The van der Waals surface area contributed by atoms with Crippen molar-refractivity contribution < 1.29 is 38.3 Å². The van der Waals surface area contributed by atoms with Gasteiger partial charge in [0.05, 0.1) is 28.1 Å². The van der Waals surface area contributed by atoms with Crippen LogP contribution in [0.25, 0.3) is 6.08 Å². The lowest BCUT2D eigenvalue weighted by Gasteiger charge is -2.13. The van der Waals surface area contributed by atoms with E-state index in [0.717, 1.165) is 11.0 Å². The maximum absolute atomic E-state index is 12.7. The zero-order valence-corrected chi connectivity index (χ0v) is 20.4. The van der Waals surface area contributed by atoms with Gasteiger partial charge in [-0.3, -0.25) is 29.4 Å². The summed E-state index contributed by atoms with van der Waals surface area (Å²) in [6.45, 7) is 4.79. The topological polar surface area (TPSA) is 142 Å². The lowest BCUT2D eigenvalue weighted by Crippen LogP contribution is -2.35. The van der Waals surface area contributed by atoms with E-state index in [1.54, 1.807) is 26.8 Å². The molecular weight excluding hydrogens is 492 g/mol. The summed E-state index contributed by atoms with van der Waals surface area (Å²) in [6.07, 6.45) is 1.07. The van der Waals surface area contributed by atoms with Crippen LogP contribution in [0.1, 0.15) is 36.7 Å². The van der Waals surface area contributed by atoms with Crippen molar-refractivity contribution in [2.75, 3.05) is 13.2 Å². The van der Waals surface area contributed by atoms with E-state index in [2.05, 4.69) is 0 Å². The normalized spacial score (nSPS) is 14.3. The van der Waals surface area contributed by atoms with Crippen molar-refractivity contribution >= 4 is 46.6 Å². The molecule has 1 fully saturated rings. The number of esters is 2. The number of nitro groups is 1. The molecule has 0 bridgehead atoms. The number of imide groups is 1. The molecule has 11 nitrogen and oxygen atoms in total. The van der Waals surface area contributed by atoms with E-state index in [0.29, 0.717) is 17.3 Å². The number of carbonyl (C=O) groups is 4. The molecule has 188 valence electrons. The fourth-order valence-electron chi connectivity index (χ4n) is 3.09. The molecule has 3 rings (SSSR count). The Balaban J connectivity index is 1.80. The number of amides is 2. The second-order valence-corrected chi connectivity index (χ2v) is 8.64. The SMILES string of the molecule is CCOc1cc(/C=C2\SC(=O)N(CC(=O)OC(C)C)C2=O)ccc1OC(=O)c1cccc([N+](=O)[O-])c1. The molecule has 0 atom stereocenters. The number of thioether (sulfide) groups is 1. The number of carbonyl (C=O) groups excluding carboxylic acids is 4. The Kier molecular flexibility index (Phi) is 8.43. The predicted octanol–water partition coefficient (Wildman–Crippen LogP) is 4.20. The highest BCUT2D eigenvalue weighted by Crippen LogP contribution is 2.35. The first-order valence-corrected chi connectivity index (χ1v) is 11.6. The zero-order chi connectivity index (χ0) is 26.4. The molecule has 1 aliphatic heterocycles. The monoisotopic (exact) mass is 514 g/mol. The highest BCUT2D eigenvalue weighted by Gasteiger charge is 2.36. The van der Waals surface area contributed by atoms with Crippen molar-refractivity contribution in [3.05, 3.63) is 68.6 Å². The number of benzene rings is 2. The van der Waals surface area contributed by atoms with Gasteiger partial charge in [0.1, 0.15) is 6.54 Å². The van der Waals surface area contributed by atoms with Gasteiger partial charge in [-0.05, 0) is 62.4 Å². The van der Waals surface area contributed by atoms with Gasteiger partial charge in [-0.15, -0.1) is 0 Å². The first-order chi connectivity index (χ1) is 17.1. The average Bonchev–Trinajstić information content (AvgIpc) is 3.07. The van der Waals surface area contributed by atoms with Crippen LogP contribution in [0, 0.1) is 10.1 Å². The summed E-state index contributed by atoms with van der Waals surface area (Å²) in [7, 11) is 0. The van der Waals surface area contributed by atoms with Gasteiger partial charge in [-0.2, -0.15) is 0 Å². The van der Waals surface area contributed by atoms with E-state index in [-0.39, 0.29) is 40.4 Å². The van der Waals surface area contributed by atoms with Crippen LogP contribution in [0.3, 0.4) is 0 Å². The van der Waals surface area contributed by atoms with Crippen molar-refractivity contribution in [2.24, 2.45) is 0 Å². The van der Waals surface area contributed by atoms with Crippen LogP contribution >= 0.6 is 11.8 Å². The minimum Gasteiger partial charge on any atom is -0.490 e. The third-order valence-electron chi connectivity index (χ3n) is 4.59. The number of non-ortho nitro benzene ring substituents is 1. The fraction of sp³-hybridized carbons (Fsp3) is 0.250. The summed E-state index contributed by atoms with van der Waals surface area (Å²) in [4.78, 5) is 60.6. The third-order valence-corrected chi connectivity index (χ3v) is 5.50. The molecule has 0 spiro atoms. The number of rotatable bonds is 9. The van der Waals surface area contributed by atoms with Crippen molar-refractivity contribution in [2.45, 2.75) is 26.9 Å². The predicted molar refractivity (Wildman–Crippen MR) is 130 cm³/mol. The van der Waals surface area contributed by atoms with E-state index in [1.165, 1.54) is 36.4 Å². The maximum atomic E-state index is 12.7. The fourth-order valence-corrected chi connectivity index (χ4v) is 3.93. The molecule has 1 aliphatic rings. The smallest absolute Gasteiger partial charge is 0.343 e. The molecule has 0 unspecified atom stereocenters. The Hall–Kier alpha value is -4.19. The minimum absolute atomic E-state index is 0.0135. The number of ether oxygens (including phenoxy) is 3. The van der Waals surface area contributed by atoms with Crippen LogP contribution in [0.4, 0.5) is 10.5 Å². The molecule has 0 aromatic heterocycles. The largest absolute Gasteiger partial charge is 0.490 e. The molecule has 36 heavy (non-hydrogen) atoms. The van der Waals surface area contributed by atoms with Crippen LogP contribution in [0.15, 0.2) is 47.4 Å². The van der Waals surface area contributed by atoms with Crippen LogP contribution in [-0.2, 0) is 14.3 Å². The van der Waals surface area contributed by atoms with Crippen molar-refractivity contribution in [1.29, 1.82) is 0 Å². The Morgan fingerprint density at radius 3 is 2.56 bits per heavy atom. The van der Waals surface area contributed by atoms with Crippen LogP contribution in [-0.4, -0.2) is 52.2 Å². The second-order valence-electron chi connectivity index (χ2n) is 7.64. The molecule has 2 aromatic carbocycles. The Morgan fingerprint density at radius 1 is 1.14 bits per heavy atom. The van der Waals surface area contributed by atoms with E-state index in [9.17, 15) is 29.3 Å². The Morgan fingerprint density at radius 2 is 1.89 bits per heavy atom. The molecule has 1 saturated heterocycles. The van der Waals surface area contributed by atoms with Crippen LogP contribution < -0.4 is 9.47 Å². The van der Waals surface area contributed by atoms with Crippen molar-refractivity contribution in [3.63, 3.8) is 0 Å². The van der Waals surface area contributed by atoms with Gasteiger partial charge in [-0.25, -0.2) is 4.79 Å². The molecule has 0 saturated carbocycles. The minimum atomic E-state index is -0.818. The maximum Gasteiger partial charge on any atom is 0.343 e. The van der Waals surface area contributed by atoms with Gasteiger partial charge in [0.25, 0.3) is 16.8 Å². The number of nitro benzene ring substituents is 1. The first kappa shape index (κ1) is 26.4. The summed E-state index contributed by atoms with van der Waals surface area (Å²) in [6, 6.07) is 9.61. The molecule has 12 heteroatoms. The summed E-state index contributed by atoms with van der Waals surface area (Å²) < 4.78 is 15.9. The van der Waals surface area contributed by atoms with Crippen LogP contribution in [0.2, 0.25) is 0 Å². The third kappa shape index (κ3) is 6.48. The summed E-state index contributed by atoms with van der Waals surface area (Å²) in [5.41, 5.74) is 0.209. The van der Waals surface area contributed by atoms with Gasteiger partial charge in [0.15, 0.2) is 11.5 Å². The molecule has 0 N–H and O–H groups in total. The summed E-state index contributed by atoms with van der Waals surface area (Å²) >= 11 is 0.682. The molecule has 0 radical (unpaired) electrons. The van der Waals surface area contributed by atoms with Gasteiger partial charge in [0.2, 0.25) is 0 Å². The quantitative estimate of drug-likeness (QED) is 0.157. The molecule has 2 aromatic rings. The molecular formula is C24H22N2O9S. The van der Waals surface area contributed by atoms with E-state index >= 15 is 0 Å². The Labute approximate surface area is 210 Å². The summed E-state index contributed by atoms with van der Waals surface area (Å²) in [5.74, 6) is -1.89. The van der Waals surface area contributed by atoms with Crippen molar-refractivity contribution in [1.82, 2.24) is 4.90 Å². The number of hydrogen-bond donors (Lipinski definition) is 0. The summed E-state index contributed by atoms with van der Waals surface area (Å²) in [5, 5.41) is 10.4.